The average Bonchev–Trinajstić information content (AvgIpc) is 2.19. The number of aromatic nitrogens is 1. The molecule has 1 heterocycles. The summed E-state index contributed by atoms with van der Waals surface area (Å²) in [7, 11) is 0. The van der Waals surface area contributed by atoms with Crippen LogP contribution in [0.3, 0.4) is 0 Å². The number of pyridine rings is 1. The number of nitrogens with zero attached hydrogens (tertiary/aromatic N) is 1. The molecule has 0 saturated carbocycles. The highest BCUT2D eigenvalue weighted by Crippen LogP contribution is 2.15. The highest BCUT2D eigenvalue weighted by atomic mass is 16.1. The fourth-order valence-electron chi connectivity index (χ4n) is 1.64. The van der Waals surface area contributed by atoms with E-state index in [1.807, 2.05) is 31.3 Å². The number of rotatable bonds is 1. The van der Waals surface area contributed by atoms with E-state index >= 15 is 0 Å². The van der Waals surface area contributed by atoms with Crippen molar-refractivity contribution in [3.63, 3.8) is 0 Å². The molecule has 1 aliphatic carbocycles. The summed E-state index contributed by atoms with van der Waals surface area (Å²) in [4.78, 5) is 11.6. The molecule has 1 aliphatic rings. The first-order valence-corrected chi connectivity index (χ1v) is 4.79. The summed E-state index contributed by atoms with van der Waals surface area (Å²) in [6.07, 6.45) is 10.9. The Morgan fingerprint density at radius 3 is 2.93 bits per heavy atom. The summed E-state index contributed by atoms with van der Waals surface area (Å²) >= 11 is 0. The standard InChI is InChI=1S/C12H13NO/c1-10-7-8-13(12(14)9-10)11-5-3-2-4-6-11/h2-5,7-9,11H,6H2,1H3. The smallest absolute Gasteiger partial charge is 0.251 e. The lowest BCUT2D eigenvalue weighted by molar-refractivity contribution is 0.585. The van der Waals surface area contributed by atoms with Crippen LogP contribution in [0.4, 0.5) is 0 Å². The molecule has 0 amide bonds. The van der Waals surface area contributed by atoms with E-state index < -0.39 is 0 Å². The molecular formula is C12H13NO. The van der Waals surface area contributed by atoms with Gasteiger partial charge in [-0.3, -0.25) is 4.79 Å². The molecule has 0 radical (unpaired) electrons. The Bertz CT molecular complexity index is 440. The minimum atomic E-state index is 0.0787. The maximum Gasteiger partial charge on any atom is 0.251 e. The van der Waals surface area contributed by atoms with E-state index in [2.05, 4.69) is 12.2 Å². The van der Waals surface area contributed by atoms with Gasteiger partial charge in [0.15, 0.2) is 0 Å². The van der Waals surface area contributed by atoms with Gasteiger partial charge in [-0.1, -0.05) is 24.3 Å². The van der Waals surface area contributed by atoms with Crippen LogP contribution in [0.25, 0.3) is 0 Å². The molecule has 0 saturated heterocycles. The molecule has 2 nitrogen and oxygen atoms in total. The summed E-state index contributed by atoms with van der Waals surface area (Å²) in [5, 5.41) is 0. The molecule has 0 aromatic carbocycles. The van der Waals surface area contributed by atoms with Gasteiger partial charge in [-0.15, -0.1) is 0 Å². The van der Waals surface area contributed by atoms with Gasteiger partial charge in [0.2, 0.25) is 0 Å². The maximum atomic E-state index is 11.6. The molecular weight excluding hydrogens is 174 g/mol. The van der Waals surface area contributed by atoms with E-state index in [0.29, 0.717) is 0 Å². The highest BCUT2D eigenvalue weighted by molar-refractivity contribution is 5.15. The van der Waals surface area contributed by atoms with Gasteiger partial charge < -0.3 is 4.57 Å². The fourth-order valence-corrected chi connectivity index (χ4v) is 1.64. The molecule has 1 aromatic rings. The summed E-state index contributed by atoms with van der Waals surface area (Å²) < 4.78 is 1.77. The molecule has 14 heavy (non-hydrogen) atoms. The number of aryl methyl sites for hydroxylation is 1. The third-order valence-electron chi connectivity index (χ3n) is 2.42. The van der Waals surface area contributed by atoms with Crippen LogP contribution in [0.15, 0.2) is 47.4 Å². The van der Waals surface area contributed by atoms with Crippen LogP contribution in [-0.4, -0.2) is 4.57 Å². The molecule has 72 valence electrons. The SMILES string of the molecule is Cc1ccn(C2C=CC=CC2)c(=O)c1. The predicted molar refractivity (Wildman–Crippen MR) is 57.4 cm³/mol. The van der Waals surface area contributed by atoms with Crippen molar-refractivity contribution in [1.29, 1.82) is 0 Å². The van der Waals surface area contributed by atoms with E-state index in [9.17, 15) is 4.79 Å². The van der Waals surface area contributed by atoms with Gasteiger partial charge in [-0.2, -0.15) is 0 Å². The third-order valence-corrected chi connectivity index (χ3v) is 2.42. The van der Waals surface area contributed by atoms with Crippen molar-refractivity contribution in [3.05, 3.63) is 58.6 Å². The molecule has 0 spiro atoms. The van der Waals surface area contributed by atoms with Gasteiger partial charge >= 0.3 is 0 Å². The lowest BCUT2D eigenvalue weighted by Crippen LogP contribution is -2.22. The minimum Gasteiger partial charge on any atom is -0.308 e. The van der Waals surface area contributed by atoms with Crippen LogP contribution in [0, 0.1) is 6.92 Å². The minimum absolute atomic E-state index is 0.0787. The predicted octanol–water partition coefficient (Wildman–Crippen LogP) is 2.21. The fraction of sp³-hybridized carbons (Fsp3) is 0.250. The first kappa shape index (κ1) is 9.00. The van der Waals surface area contributed by atoms with Crippen molar-refractivity contribution >= 4 is 0 Å². The van der Waals surface area contributed by atoms with Crippen molar-refractivity contribution in [2.24, 2.45) is 0 Å². The van der Waals surface area contributed by atoms with Crippen LogP contribution < -0.4 is 5.56 Å². The molecule has 0 N–H and O–H groups in total. The molecule has 0 bridgehead atoms. The van der Waals surface area contributed by atoms with Crippen molar-refractivity contribution in [2.45, 2.75) is 19.4 Å². The third kappa shape index (κ3) is 1.69. The van der Waals surface area contributed by atoms with E-state index in [-0.39, 0.29) is 11.6 Å². The van der Waals surface area contributed by atoms with Crippen LogP contribution in [0.5, 0.6) is 0 Å². The van der Waals surface area contributed by atoms with Crippen LogP contribution >= 0.6 is 0 Å². The van der Waals surface area contributed by atoms with Gasteiger partial charge in [0.05, 0.1) is 6.04 Å². The first-order chi connectivity index (χ1) is 6.77. The average molecular weight is 187 g/mol. The zero-order valence-electron chi connectivity index (χ0n) is 8.18. The van der Waals surface area contributed by atoms with Crippen molar-refractivity contribution in [3.8, 4) is 0 Å². The van der Waals surface area contributed by atoms with Crippen molar-refractivity contribution < 1.29 is 0 Å². The molecule has 0 aliphatic heterocycles. The van der Waals surface area contributed by atoms with Gasteiger partial charge in [0, 0.05) is 12.3 Å². The van der Waals surface area contributed by atoms with E-state index in [1.54, 1.807) is 10.6 Å². The zero-order chi connectivity index (χ0) is 9.97. The summed E-state index contributed by atoms with van der Waals surface area (Å²) in [5.74, 6) is 0. The quantitative estimate of drug-likeness (QED) is 0.660. The molecule has 1 aromatic heterocycles. The topological polar surface area (TPSA) is 22.0 Å². The van der Waals surface area contributed by atoms with Crippen LogP contribution in [0.1, 0.15) is 18.0 Å². The molecule has 2 heteroatoms. The Balaban J connectivity index is 2.37. The van der Waals surface area contributed by atoms with E-state index in [0.717, 1.165) is 12.0 Å². The van der Waals surface area contributed by atoms with Gasteiger partial charge in [-0.05, 0) is 25.0 Å². The molecule has 1 unspecified atom stereocenters. The Hall–Kier alpha value is -1.57. The maximum absolute atomic E-state index is 11.6. The number of hydrogen-bond donors (Lipinski definition) is 0. The van der Waals surface area contributed by atoms with Crippen molar-refractivity contribution in [2.75, 3.05) is 0 Å². The lowest BCUT2D eigenvalue weighted by atomic mass is 10.1. The van der Waals surface area contributed by atoms with Crippen LogP contribution in [0.2, 0.25) is 0 Å². The molecule has 0 fully saturated rings. The molecule has 2 rings (SSSR count). The normalized spacial score (nSPS) is 19.9. The Labute approximate surface area is 83.2 Å². The summed E-state index contributed by atoms with van der Waals surface area (Å²) in [6.45, 7) is 1.93. The zero-order valence-corrected chi connectivity index (χ0v) is 8.18. The monoisotopic (exact) mass is 187 g/mol. The Morgan fingerprint density at radius 1 is 1.43 bits per heavy atom. The second-order valence-electron chi connectivity index (χ2n) is 3.57. The molecule has 1 atom stereocenters. The number of allylic oxidation sites excluding steroid dienone is 4. The van der Waals surface area contributed by atoms with Gasteiger partial charge in [0.1, 0.15) is 0 Å². The second kappa shape index (κ2) is 3.66. The lowest BCUT2D eigenvalue weighted by Gasteiger charge is -2.16. The van der Waals surface area contributed by atoms with E-state index in [1.165, 1.54) is 0 Å². The Kier molecular flexibility index (Phi) is 2.35. The largest absolute Gasteiger partial charge is 0.308 e. The number of hydrogen-bond acceptors (Lipinski definition) is 1. The van der Waals surface area contributed by atoms with Gasteiger partial charge in [-0.25, -0.2) is 0 Å². The van der Waals surface area contributed by atoms with Crippen molar-refractivity contribution in [1.82, 2.24) is 4.57 Å². The summed E-state index contributed by atoms with van der Waals surface area (Å²) in [5.41, 5.74) is 1.09. The van der Waals surface area contributed by atoms with Crippen LogP contribution in [-0.2, 0) is 0 Å². The summed E-state index contributed by atoms with van der Waals surface area (Å²) in [6, 6.07) is 3.83. The van der Waals surface area contributed by atoms with E-state index in [4.69, 9.17) is 0 Å². The first-order valence-electron chi connectivity index (χ1n) is 4.79. The Morgan fingerprint density at radius 2 is 2.29 bits per heavy atom. The highest BCUT2D eigenvalue weighted by Gasteiger charge is 2.08. The van der Waals surface area contributed by atoms with Gasteiger partial charge in [0.25, 0.3) is 5.56 Å². The second-order valence-corrected chi connectivity index (χ2v) is 3.57.